The Labute approximate surface area is 110 Å². The van der Waals surface area contributed by atoms with Crippen molar-refractivity contribution >= 4 is 0 Å². The lowest BCUT2D eigenvalue weighted by atomic mass is 10.1. The van der Waals surface area contributed by atoms with Gasteiger partial charge in [-0.05, 0) is 0 Å². The van der Waals surface area contributed by atoms with E-state index in [0.29, 0.717) is 26.2 Å². The fraction of sp³-hybridized carbons (Fsp3) is 0.667. The molecule has 0 saturated carbocycles. The quantitative estimate of drug-likeness (QED) is 0.575. The number of rotatable bonds is 3. The normalized spacial score (nSPS) is 33.3. The number of aromatic nitrogens is 3. The molecule has 1 N–H and O–H groups in total. The highest BCUT2D eigenvalue weighted by Crippen LogP contribution is 2.29. The summed E-state index contributed by atoms with van der Waals surface area (Å²) < 4.78 is 18.5. The molecule has 0 bridgehead atoms. The van der Waals surface area contributed by atoms with Gasteiger partial charge in [-0.3, -0.25) is 0 Å². The van der Waals surface area contributed by atoms with Crippen molar-refractivity contribution in [2.75, 3.05) is 6.61 Å². The molecule has 7 nitrogen and oxygen atoms in total. The van der Waals surface area contributed by atoms with Crippen molar-refractivity contribution in [3.8, 4) is 12.3 Å². The van der Waals surface area contributed by atoms with E-state index in [1.165, 1.54) is 0 Å². The SMILES string of the molecule is C#CCCO[C@@H]1O[C@@H]2Cn3nncc3CO[C@@H]2[C@H]1O. The molecule has 0 unspecified atom stereocenters. The van der Waals surface area contributed by atoms with Crippen LogP contribution in [0.3, 0.4) is 0 Å². The Morgan fingerprint density at radius 1 is 1.63 bits per heavy atom. The van der Waals surface area contributed by atoms with Gasteiger partial charge in [0.1, 0.15) is 18.3 Å². The number of fused-ring (bicyclic) bond motifs is 2. The Morgan fingerprint density at radius 3 is 3.37 bits per heavy atom. The van der Waals surface area contributed by atoms with Gasteiger partial charge in [0.15, 0.2) is 6.29 Å². The van der Waals surface area contributed by atoms with Crippen LogP contribution in [0.5, 0.6) is 0 Å². The smallest absolute Gasteiger partial charge is 0.186 e. The molecule has 0 radical (unpaired) electrons. The molecule has 0 spiro atoms. The summed E-state index contributed by atoms with van der Waals surface area (Å²) in [7, 11) is 0. The molecule has 3 rings (SSSR count). The minimum Gasteiger partial charge on any atom is -0.385 e. The van der Waals surface area contributed by atoms with Crippen LogP contribution in [-0.2, 0) is 27.4 Å². The van der Waals surface area contributed by atoms with E-state index in [4.69, 9.17) is 20.6 Å². The summed E-state index contributed by atoms with van der Waals surface area (Å²) in [6.45, 7) is 1.20. The molecule has 2 aliphatic heterocycles. The van der Waals surface area contributed by atoms with Crippen LogP contribution in [0.1, 0.15) is 12.1 Å². The summed E-state index contributed by atoms with van der Waals surface area (Å²) in [6, 6.07) is 0. The number of hydrogen-bond acceptors (Lipinski definition) is 6. The average Bonchev–Trinajstić information content (AvgIpc) is 2.91. The van der Waals surface area contributed by atoms with Crippen molar-refractivity contribution in [1.29, 1.82) is 0 Å². The van der Waals surface area contributed by atoms with Crippen LogP contribution in [0.2, 0.25) is 0 Å². The van der Waals surface area contributed by atoms with Crippen LogP contribution in [-0.4, -0.2) is 51.3 Å². The van der Waals surface area contributed by atoms with Gasteiger partial charge in [0.25, 0.3) is 0 Å². The topological polar surface area (TPSA) is 78.6 Å². The van der Waals surface area contributed by atoms with E-state index in [1.54, 1.807) is 10.9 Å². The van der Waals surface area contributed by atoms with Crippen LogP contribution in [0.4, 0.5) is 0 Å². The molecular weight excluding hydrogens is 250 g/mol. The molecule has 102 valence electrons. The molecule has 1 saturated heterocycles. The van der Waals surface area contributed by atoms with E-state index < -0.39 is 18.5 Å². The van der Waals surface area contributed by atoms with Crippen molar-refractivity contribution in [1.82, 2.24) is 15.0 Å². The number of terminal acetylenes is 1. The lowest BCUT2D eigenvalue weighted by Crippen LogP contribution is -2.36. The van der Waals surface area contributed by atoms with Gasteiger partial charge >= 0.3 is 0 Å². The Balaban J connectivity index is 1.67. The number of aliphatic hydroxyl groups excluding tert-OH is 1. The molecule has 1 aromatic rings. The highest BCUT2D eigenvalue weighted by Gasteiger charge is 2.46. The fourth-order valence-corrected chi connectivity index (χ4v) is 2.33. The summed E-state index contributed by atoms with van der Waals surface area (Å²) in [4.78, 5) is 0. The van der Waals surface area contributed by atoms with Crippen LogP contribution in [0.15, 0.2) is 6.20 Å². The molecule has 7 heteroatoms. The zero-order valence-electron chi connectivity index (χ0n) is 10.3. The molecule has 19 heavy (non-hydrogen) atoms. The Kier molecular flexibility index (Phi) is 3.48. The average molecular weight is 265 g/mol. The van der Waals surface area contributed by atoms with Crippen LogP contribution < -0.4 is 0 Å². The number of hydrogen-bond donors (Lipinski definition) is 1. The highest BCUT2D eigenvalue weighted by molar-refractivity contribution is 4.98. The first-order chi connectivity index (χ1) is 9.29. The predicted molar refractivity (Wildman–Crippen MR) is 62.7 cm³/mol. The standard InChI is InChI=1S/C12H15N3O4/c1-2-3-4-17-12-10(16)11-9(19-12)6-15-8(7-18-11)5-13-14-15/h1,5,9-12,16H,3-4,6-7H2/t9-,10-,11+,12-/m1/s1. The van der Waals surface area contributed by atoms with Crippen molar-refractivity contribution in [3.63, 3.8) is 0 Å². The van der Waals surface area contributed by atoms with Crippen LogP contribution >= 0.6 is 0 Å². The third kappa shape index (κ3) is 2.35. The summed E-state index contributed by atoms with van der Waals surface area (Å²) in [6.07, 6.45) is 5.04. The molecule has 0 amide bonds. The van der Waals surface area contributed by atoms with Gasteiger partial charge in [-0.15, -0.1) is 17.4 Å². The first-order valence-corrected chi connectivity index (χ1v) is 6.17. The second-order valence-corrected chi connectivity index (χ2v) is 4.54. The molecule has 1 fully saturated rings. The molecule has 4 atom stereocenters. The second-order valence-electron chi connectivity index (χ2n) is 4.54. The Morgan fingerprint density at radius 2 is 2.53 bits per heavy atom. The molecule has 0 aliphatic carbocycles. The van der Waals surface area contributed by atoms with Crippen molar-refractivity contribution in [2.45, 2.75) is 44.2 Å². The zero-order valence-corrected chi connectivity index (χ0v) is 10.3. The maximum absolute atomic E-state index is 10.2. The lowest BCUT2D eigenvalue weighted by Gasteiger charge is -2.17. The maximum Gasteiger partial charge on any atom is 0.186 e. The van der Waals surface area contributed by atoms with Gasteiger partial charge in [0.2, 0.25) is 0 Å². The third-order valence-electron chi connectivity index (χ3n) is 3.29. The maximum atomic E-state index is 10.2. The largest absolute Gasteiger partial charge is 0.385 e. The summed E-state index contributed by atoms with van der Waals surface area (Å²) in [5.74, 6) is 2.47. The number of aliphatic hydroxyl groups is 1. The zero-order chi connectivity index (χ0) is 13.2. The minimum absolute atomic E-state index is 0.297. The van der Waals surface area contributed by atoms with Crippen LogP contribution in [0.25, 0.3) is 0 Å². The summed E-state index contributed by atoms with van der Waals surface area (Å²) in [5, 5.41) is 17.9. The monoisotopic (exact) mass is 265 g/mol. The molecule has 2 aliphatic rings. The number of nitrogens with zero attached hydrogens (tertiary/aromatic N) is 3. The highest BCUT2D eigenvalue weighted by atomic mass is 16.7. The Bertz CT molecular complexity index is 484. The predicted octanol–water partition coefficient (Wildman–Crippen LogP) is -0.697. The third-order valence-corrected chi connectivity index (χ3v) is 3.29. The van der Waals surface area contributed by atoms with E-state index in [-0.39, 0.29) is 6.10 Å². The lowest BCUT2D eigenvalue weighted by molar-refractivity contribution is -0.166. The van der Waals surface area contributed by atoms with Gasteiger partial charge in [0.05, 0.1) is 31.6 Å². The van der Waals surface area contributed by atoms with E-state index >= 15 is 0 Å². The van der Waals surface area contributed by atoms with Crippen LogP contribution in [0, 0.1) is 12.3 Å². The van der Waals surface area contributed by atoms with Gasteiger partial charge in [-0.2, -0.15) is 0 Å². The van der Waals surface area contributed by atoms with E-state index in [9.17, 15) is 5.11 Å². The van der Waals surface area contributed by atoms with E-state index in [1.807, 2.05) is 0 Å². The van der Waals surface area contributed by atoms with Gasteiger partial charge in [-0.1, -0.05) is 5.21 Å². The molecular formula is C12H15N3O4. The van der Waals surface area contributed by atoms with Gasteiger partial charge < -0.3 is 19.3 Å². The van der Waals surface area contributed by atoms with Crippen molar-refractivity contribution in [2.24, 2.45) is 0 Å². The van der Waals surface area contributed by atoms with Gasteiger partial charge in [-0.25, -0.2) is 4.68 Å². The van der Waals surface area contributed by atoms with Crippen molar-refractivity contribution < 1.29 is 19.3 Å². The van der Waals surface area contributed by atoms with E-state index in [0.717, 1.165) is 5.69 Å². The molecule has 3 heterocycles. The molecule has 1 aromatic heterocycles. The fourth-order valence-electron chi connectivity index (χ4n) is 2.33. The second kappa shape index (κ2) is 5.27. The first kappa shape index (κ1) is 12.6. The Hall–Kier alpha value is -1.46. The van der Waals surface area contributed by atoms with Gasteiger partial charge in [0, 0.05) is 6.42 Å². The summed E-state index contributed by atoms with van der Waals surface area (Å²) in [5.41, 5.74) is 0.870. The van der Waals surface area contributed by atoms with E-state index in [2.05, 4.69) is 16.2 Å². The summed E-state index contributed by atoms with van der Waals surface area (Å²) >= 11 is 0. The number of ether oxygens (including phenoxy) is 3. The minimum atomic E-state index is -0.819. The molecule has 0 aromatic carbocycles. The first-order valence-electron chi connectivity index (χ1n) is 6.17. The van der Waals surface area contributed by atoms with Crippen molar-refractivity contribution in [3.05, 3.63) is 11.9 Å².